The second-order valence-corrected chi connectivity index (χ2v) is 5.95. The van der Waals surface area contributed by atoms with E-state index in [1.54, 1.807) is 0 Å². The fourth-order valence-electron chi connectivity index (χ4n) is 0.491. The average molecular weight is 246 g/mol. The topological polar surface area (TPSA) is 20.2 Å². The van der Waals surface area contributed by atoms with Crippen LogP contribution in [0.5, 0.6) is 0 Å². The molecule has 0 fully saturated rings. The molecule has 0 heterocycles. The second kappa shape index (κ2) is 3.18. The van der Waals surface area contributed by atoms with Crippen LogP contribution in [0.15, 0.2) is 0 Å². The fourth-order valence-corrected chi connectivity index (χ4v) is 1.79. The van der Waals surface area contributed by atoms with Crippen molar-refractivity contribution in [3.63, 3.8) is 0 Å². The van der Waals surface area contributed by atoms with Gasteiger partial charge < -0.3 is 5.11 Å². The number of halogens is 2. The third-order valence-corrected chi connectivity index (χ3v) is 1.30. The van der Waals surface area contributed by atoms with Crippen molar-refractivity contribution in [1.82, 2.24) is 0 Å². The maximum Gasteiger partial charge on any atom is 0.175 e. The van der Waals surface area contributed by atoms with Gasteiger partial charge in [-0.05, 0) is 44.2 Å². The van der Waals surface area contributed by atoms with Crippen LogP contribution in [-0.2, 0) is 0 Å². The van der Waals surface area contributed by atoms with Crippen LogP contribution in [0.25, 0.3) is 0 Å². The monoisotopic (exact) mass is 244 g/mol. The minimum absolute atomic E-state index is 0.499. The lowest BCUT2D eigenvalue weighted by Crippen LogP contribution is -2.12. The number of hydrogen-bond acceptors (Lipinski definition) is 1. The molecule has 0 aliphatic carbocycles. The molecule has 1 N–H and O–H groups in total. The second-order valence-electron chi connectivity index (χ2n) is 2.26. The summed E-state index contributed by atoms with van der Waals surface area (Å²) in [4.78, 5) is 0. The Labute approximate surface area is 66.7 Å². The van der Waals surface area contributed by atoms with Gasteiger partial charge in [-0.1, -0.05) is 13.8 Å². The summed E-state index contributed by atoms with van der Waals surface area (Å²) >= 11 is 6.10. The molecule has 0 aromatic carbocycles. The Balaban J connectivity index is 3.39. The summed E-state index contributed by atoms with van der Waals surface area (Å²) in [6.45, 7) is 4.10. The zero-order valence-corrected chi connectivity index (χ0v) is 8.16. The van der Waals surface area contributed by atoms with Crippen molar-refractivity contribution in [1.29, 1.82) is 0 Å². The van der Waals surface area contributed by atoms with Crippen LogP contribution in [0.4, 0.5) is 0 Å². The number of hydrogen-bond donors (Lipinski definition) is 1. The minimum atomic E-state index is -0.853. The van der Waals surface area contributed by atoms with Gasteiger partial charge in [0, 0.05) is 0 Å². The molecule has 0 aromatic heterocycles. The first kappa shape index (κ1) is 8.92. The molecular weight excluding hydrogens is 236 g/mol. The molecule has 0 rings (SSSR count). The smallest absolute Gasteiger partial charge is 0.175 e. The van der Waals surface area contributed by atoms with Gasteiger partial charge >= 0.3 is 0 Å². The molecule has 0 saturated carbocycles. The average Bonchev–Trinajstić information content (AvgIpc) is 1.21. The Kier molecular flexibility index (Phi) is 3.55. The van der Waals surface area contributed by atoms with Crippen LogP contribution in [0.3, 0.4) is 0 Å². The predicted molar refractivity (Wildman–Crippen MR) is 42.3 cm³/mol. The Morgan fingerprint density at radius 3 is 1.88 bits per heavy atom. The van der Waals surface area contributed by atoms with E-state index in [1.807, 2.05) is 13.8 Å². The highest BCUT2D eigenvalue weighted by atomic mass is 79.9. The molecule has 3 heteroatoms. The highest BCUT2D eigenvalue weighted by molar-refractivity contribution is 9.25. The van der Waals surface area contributed by atoms with E-state index >= 15 is 0 Å². The predicted octanol–water partition coefficient (Wildman–Crippen LogP) is 2.47. The molecule has 0 spiro atoms. The maximum absolute atomic E-state index is 9.02. The fraction of sp³-hybridized carbons (Fsp3) is 1.00. The zero-order chi connectivity index (χ0) is 6.78. The standard InChI is InChI=1S/C5H10Br2O/c1-4(2)3-5(6,7)8/h4,8H,3H2,1-2H3. The Hall–Kier alpha value is 0.920. The van der Waals surface area contributed by atoms with E-state index in [4.69, 9.17) is 5.11 Å². The number of rotatable bonds is 2. The van der Waals surface area contributed by atoms with Crippen LogP contribution in [0, 0.1) is 5.92 Å². The van der Waals surface area contributed by atoms with E-state index in [1.165, 1.54) is 0 Å². The SMILES string of the molecule is CC(C)CC(O)(Br)Br. The van der Waals surface area contributed by atoms with Gasteiger partial charge in [0.25, 0.3) is 0 Å². The third-order valence-electron chi connectivity index (χ3n) is 0.654. The first-order valence-corrected chi connectivity index (χ1v) is 4.10. The molecule has 50 valence electrons. The molecule has 0 bridgehead atoms. The van der Waals surface area contributed by atoms with Crippen LogP contribution >= 0.6 is 31.9 Å². The summed E-state index contributed by atoms with van der Waals surface area (Å²) < 4.78 is -0.853. The summed E-state index contributed by atoms with van der Waals surface area (Å²) in [5.74, 6) is 0.499. The molecule has 0 saturated heterocycles. The van der Waals surface area contributed by atoms with Gasteiger partial charge in [-0.25, -0.2) is 0 Å². The molecule has 8 heavy (non-hydrogen) atoms. The molecule has 0 unspecified atom stereocenters. The summed E-state index contributed by atoms with van der Waals surface area (Å²) in [6.07, 6.45) is 0.715. The minimum Gasteiger partial charge on any atom is -0.369 e. The zero-order valence-electron chi connectivity index (χ0n) is 4.99. The lowest BCUT2D eigenvalue weighted by atomic mass is 10.1. The van der Waals surface area contributed by atoms with E-state index in [9.17, 15) is 0 Å². The van der Waals surface area contributed by atoms with Crippen molar-refractivity contribution in [2.45, 2.75) is 23.7 Å². The first-order chi connectivity index (χ1) is 3.42. The normalized spacial score (nSPS) is 12.8. The van der Waals surface area contributed by atoms with Crippen molar-refractivity contribution in [2.75, 3.05) is 0 Å². The Morgan fingerprint density at radius 2 is 1.88 bits per heavy atom. The summed E-state index contributed by atoms with van der Waals surface area (Å²) in [5.41, 5.74) is 0. The molecule has 0 aliphatic heterocycles. The van der Waals surface area contributed by atoms with Gasteiger partial charge in [-0.2, -0.15) is 0 Å². The van der Waals surface area contributed by atoms with E-state index in [-0.39, 0.29) is 0 Å². The summed E-state index contributed by atoms with van der Waals surface area (Å²) in [7, 11) is 0. The maximum atomic E-state index is 9.02. The first-order valence-electron chi connectivity index (χ1n) is 2.52. The number of aliphatic hydroxyl groups is 1. The molecule has 0 aromatic rings. The largest absolute Gasteiger partial charge is 0.369 e. The molecule has 0 radical (unpaired) electrons. The van der Waals surface area contributed by atoms with Crippen molar-refractivity contribution < 1.29 is 5.11 Å². The van der Waals surface area contributed by atoms with Crippen molar-refractivity contribution in [3.8, 4) is 0 Å². The van der Waals surface area contributed by atoms with Gasteiger partial charge in [0.2, 0.25) is 0 Å². The van der Waals surface area contributed by atoms with E-state index < -0.39 is 3.42 Å². The Bertz CT molecular complexity index is 65.3. The lowest BCUT2D eigenvalue weighted by Gasteiger charge is -2.14. The van der Waals surface area contributed by atoms with Crippen LogP contribution in [-0.4, -0.2) is 8.53 Å². The highest BCUT2D eigenvalue weighted by Gasteiger charge is 2.18. The van der Waals surface area contributed by atoms with Crippen LogP contribution in [0.2, 0.25) is 0 Å². The van der Waals surface area contributed by atoms with Crippen LogP contribution in [0.1, 0.15) is 20.3 Å². The van der Waals surface area contributed by atoms with Gasteiger partial charge in [0.1, 0.15) is 0 Å². The van der Waals surface area contributed by atoms with Crippen molar-refractivity contribution in [3.05, 3.63) is 0 Å². The van der Waals surface area contributed by atoms with Gasteiger partial charge in [-0.15, -0.1) is 0 Å². The van der Waals surface area contributed by atoms with Gasteiger partial charge in [-0.3, -0.25) is 0 Å². The van der Waals surface area contributed by atoms with Crippen LogP contribution < -0.4 is 0 Å². The van der Waals surface area contributed by atoms with E-state index in [0.29, 0.717) is 12.3 Å². The van der Waals surface area contributed by atoms with Crippen molar-refractivity contribution >= 4 is 31.9 Å². The van der Waals surface area contributed by atoms with Gasteiger partial charge in [0.15, 0.2) is 3.42 Å². The number of alkyl halides is 2. The molecule has 0 aliphatic rings. The highest BCUT2D eigenvalue weighted by Crippen LogP contribution is 2.29. The summed E-state index contributed by atoms with van der Waals surface area (Å²) in [6, 6.07) is 0. The molecule has 0 atom stereocenters. The van der Waals surface area contributed by atoms with Crippen molar-refractivity contribution in [2.24, 2.45) is 5.92 Å². The molecule has 0 amide bonds. The van der Waals surface area contributed by atoms with Gasteiger partial charge in [0.05, 0.1) is 0 Å². The van der Waals surface area contributed by atoms with E-state index in [2.05, 4.69) is 31.9 Å². The Morgan fingerprint density at radius 1 is 1.50 bits per heavy atom. The quantitative estimate of drug-likeness (QED) is 0.742. The molecular formula is C5H10Br2O. The molecule has 1 nitrogen and oxygen atoms in total. The lowest BCUT2D eigenvalue weighted by molar-refractivity contribution is 0.215. The summed E-state index contributed by atoms with van der Waals surface area (Å²) in [5, 5.41) is 9.02. The van der Waals surface area contributed by atoms with E-state index in [0.717, 1.165) is 0 Å². The third kappa shape index (κ3) is 6.92.